The van der Waals surface area contributed by atoms with Crippen LogP contribution in [-0.2, 0) is 16.0 Å². The quantitative estimate of drug-likeness (QED) is 0.671. The summed E-state index contributed by atoms with van der Waals surface area (Å²) in [7, 11) is 0. The van der Waals surface area contributed by atoms with Crippen molar-refractivity contribution in [3.8, 4) is 0 Å². The van der Waals surface area contributed by atoms with Gasteiger partial charge in [-0.3, -0.25) is 14.4 Å². The molecule has 1 heterocycles. The van der Waals surface area contributed by atoms with Gasteiger partial charge in [-0.2, -0.15) is 0 Å². The van der Waals surface area contributed by atoms with Crippen LogP contribution in [0.1, 0.15) is 41.6 Å². The lowest BCUT2D eigenvalue weighted by atomic mass is 9.98. The number of hydrogen-bond donors (Lipinski definition) is 3. The summed E-state index contributed by atoms with van der Waals surface area (Å²) < 4.78 is 0. The first-order chi connectivity index (χ1) is 12.1. The number of amides is 1. The third-order valence-corrected chi connectivity index (χ3v) is 5.14. The maximum atomic E-state index is 12.1. The summed E-state index contributed by atoms with van der Waals surface area (Å²) in [5.41, 5.74) is 3.13. The van der Waals surface area contributed by atoms with Crippen LogP contribution in [0.5, 0.6) is 0 Å². The van der Waals surface area contributed by atoms with Gasteiger partial charge in [0, 0.05) is 23.9 Å². The molecule has 2 aliphatic carbocycles. The fraction of sp³-hybridized carbons (Fsp3) is 0.526. The zero-order chi connectivity index (χ0) is 17.4. The standard InChI is InChI=1S/C19H23N3O3/c23-17(11-1-2-11)9-21-15-7-13-5-6-20-19(25)14(13)8-16(15)22-10-18(24)12-3-4-12/h7-8,11-12,21-22H,1-6,9-10H2,(H,20,25). The zero-order valence-electron chi connectivity index (χ0n) is 14.2. The largest absolute Gasteiger partial charge is 0.376 e. The number of carbonyl (C=O) groups excluding carboxylic acids is 3. The molecule has 1 aromatic rings. The predicted octanol–water partition coefficient (Wildman–Crippen LogP) is 1.75. The first kappa shape index (κ1) is 16.1. The lowest BCUT2D eigenvalue weighted by Crippen LogP contribution is -2.32. The number of rotatable bonds is 8. The lowest BCUT2D eigenvalue weighted by Gasteiger charge is -2.21. The van der Waals surface area contributed by atoms with Crippen molar-refractivity contribution in [2.24, 2.45) is 11.8 Å². The second-order valence-electron chi connectivity index (χ2n) is 7.25. The SMILES string of the molecule is O=C1NCCc2cc(NCC(=O)C3CC3)c(NCC(=O)C3CC3)cc21. The number of anilines is 2. The third kappa shape index (κ3) is 3.67. The molecule has 6 heteroatoms. The van der Waals surface area contributed by atoms with E-state index in [0.29, 0.717) is 24.3 Å². The summed E-state index contributed by atoms with van der Waals surface area (Å²) in [6, 6.07) is 3.74. The fourth-order valence-corrected chi connectivity index (χ4v) is 3.23. The number of nitrogens with one attached hydrogen (secondary N) is 3. The second-order valence-corrected chi connectivity index (χ2v) is 7.25. The molecule has 2 saturated carbocycles. The number of benzene rings is 1. The molecule has 2 fully saturated rings. The highest BCUT2D eigenvalue weighted by Gasteiger charge is 2.30. The van der Waals surface area contributed by atoms with Gasteiger partial charge in [-0.15, -0.1) is 0 Å². The summed E-state index contributed by atoms with van der Waals surface area (Å²) in [5, 5.41) is 9.23. The average molecular weight is 341 g/mol. The number of carbonyl (C=O) groups is 3. The molecule has 0 radical (unpaired) electrons. The van der Waals surface area contributed by atoms with Crippen molar-refractivity contribution in [3.63, 3.8) is 0 Å². The number of fused-ring (bicyclic) bond motifs is 1. The van der Waals surface area contributed by atoms with Crippen molar-refractivity contribution in [1.82, 2.24) is 5.32 Å². The smallest absolute Gasteiger partial charge is 0.251 e. The predicted molar refractivity (Wildman–Crippen MR) is 94.9 cm³/mol. The van der Waals surface area contributed by atoms with E-state index in [1.165, 1.54) is 0 Å². The minimum Gasteiger partial charge on any atom is -0.376 e. The molecule has 6 nitrogen and oxygen atoms in total. The molecule has 4 rings (SSSR count). The summed E-state index contributed by atoms with van der Waals surface area (Å²) in [4.78, 5) is 36.1. The molecule has 3 N–H and O–H groups in total. The van der Waals surface area contributed by atoms with Crippen LogP contribution in [0, 0.1) is 11.8 Å². The van der Waals surface area contributed by atoms with Gasteiger partial charge in [0.05, 0.1) is 24.5 Å². The molecule has 0 atom stereocenters. The maximum Gasteiger partial charge on any atom is 0.251 e. The Hall–Kier alpha value is -2.37. The lowest BCUT2D eigenvalue weighted by molar-refractivity contribution is -0.119. The topological polar surface area (TPSA) is 87.3 Å². The molecule has 1 amide bonds. The Morgan fingerprint density at radius 3 is 2.08 bits per heavy atom. The first-order valence-electron chi connectivity index (χ1n) is 9.10. The van der Waals surface area contributed by atoms with Gasteiger partial charge in [0.15, 0.2) is 11.6 Å². The Morgan fingerprint density at radius 2 is 1.52 bits per heavy atom. The summed E-state index contributed by atoms with van der Waals surface area (Å²) in [6.45, 7) is 1.18. The minimum absolute atomic E-state index is 0.0848. The second kappa shape index (κ2) is 6.50. The summed E-state index contributed by atoms with van der Waals surface area (Å²) in [5.74, 6) is 0.765. The van der Waals surface area contributed by atoms with Gasteiger partial charge >= 0.3 is 0 Å². The summed E-state index contributed by atoms with van der Waals surface area (Å²) in [6.07, 6.45) is 4.72. The van der Waals surface area contributed by atoms with Crippen molar-refractivity contribution < 1.29 is 14.4 Å². The molecule has 1 aromatic carbocycles. The Balaban J connectivity index is 1.53. The van der Waals surface area contributed by atoms with E-state index in [0.717, 1.165) is 43.4 Å². The van der Waals surface area contributed by atoms with Crippen molar-refractivity contribution in [1.29, 1.82) is 0 Å². The zero-order valence-corrected chi connectivity index (χ0v) is 14.2. The minimum atomic E-state index is -0.0848. The van der Waals surface area contributed by atoms with E-state index in [-0.39, 0.29) is 35.9 Å². The Kier molecular flexibility index (Phi) is 4.19. The van der Waals surface area contributed by atoms with Crippen molar-refractivity contribution in [3.05, 3.63) is 23.3 Å². The fourth-order valence-electron chi connectivity index (χ4n) is 3.23. The van der Waals surface area contributed by atoms with Gasteiger partial charge in [0.1, 0.15) is 0 Å². The van der Waals surface area contributed by atoms with Gasteiger partial charge in [-0.25, -0.2) is 0 Å². The highest BCUT2D eigenvalue weighted by molar-refractivity contribution is 5.99. The van der Waals surface area contributed by atoms with E-state index in [2.05, 4.69) is 16.0 Å². The Labute approximate surface area is 146 Å². The van der Waals surface area contributed by atoms with Crippen LogP contribution in [0.15, 0.2) is 12.1 Å². The van der Waals surface area contributed by atoms with Crippen LogP contribution < -0.4 is 16.0 Å². The highest BCUT2D eigenvalue weighted by Crippen LogP contribution is 2.33. The molecular weight excluding hydrogens is 318 g/mol. The number of hydrogen-bond acceptors (Lipinski definition) is 5. The van der Waals surface area contributed by atoms with Gasteiger partial charge in [-0.05, 0) is 49.8 Å². The summed E-state index contributed by atoms with van der Waals surface area (Å²) >= 11 is 0. The first-order valence-corrected chi connectivity index (χ1v) is 9.10. The monoisotopic (exact) mass is 341 g/mol. The van der Waals surface area contributed by atoms with Crippen molar-refractivity contribution in [2.75, 3.05) is 30.3 Å². The van der Waals surface area contributed by atoms with Crippen molar-refractivity contribution >= 4 is 28.8 Å². The Morgan fingerprint density at radius 1 is 0.960 bits per heavy atom. The Bertz CT molecular complexity index is 736. The van der Waals surface area contributed by atoms with Gasteiger partial charge in [0.2, 0.25) is 0 Å². The molecule has 0 spiro atoms. The van der Waals surface area contributed by atoms with Crippen LogP contribution in [0.25, 0.3) is 0 Å². The van der Waals surface area contributed by atoms with E-state index in [4.69, 9.17) is 0 Å². The molecule has 1 aliphatic heterocycles. The molecule has 0 saturated heterocycles. The van der Waals surface area contributed by atoms with Gasteiger partial charge in [-0.1, -0.05) is 0 Å². The van der Waals surface area contributed by atoms with Crippen LogP contribution in [-0.4, -0.2) is 37.1 Å². The number of Topliss-reactive ketones (excluding diaryl/α,β-unsaturated/α-hetero) is 2. The normalized spacial score (nSPS) is 19.0. The number of ketones is 2. The molecule has 0 unspecified atom stereocenters. The molecule has 3 aliphatic rings. The van der Waals surface area contributed by atoms with Gasteiger partial charge in [0.25, 0.3) is 5.91 Å². The van der Waals surface area contributed by atoms with Crippen LogP contribution >= 0.6 is 0 Å². The van der Waals surface area contributed by atoms with E-state index in [9.17, 15) is 14.4 Å². The molecule has 25 heavy (non-hydrogen) atoms. The van der Waals surface area contributed by atoms with Crippen LogP contribution in [0.2, 0.25) is 0 Å². The van der Waals surface area contributed by atoms with Gasteiger partial charge < -0.3 is 16.0 Å². The van der Waals surface area contributed by atoms with Crippen LogP contribution in [0.3, 0.4) is 0 Å². The highest BCUT2D eigenvalue weighted by atomic mass is 16.2. The van der Waals surface area contributed by atoms with E-state index >= 15 is 0 Å². The molecule has 132 valence electrons. The maximum absolute atomic E-state index is 12.1. The molecule has 0 aromatic heterocycles. The van der Waals surface area contributed by atoms with E-state index in [1.54, 1.807) is 6.07 Å². The molecular formula is C19H23N3O3. The van der Waals surface area contributed by atoms with E-state index in [1.807, 2.05) is 6.07 Å². The average Bonchev–Trinajstić information content (AvgIpc) is 3.49. The third-order valence-electron chi connectivity index (χ3n) is 5.14. The van der Waals surface area contributed by atoms with Crippen LogP contribution in [0.4, 0.5) is 11.4 Å². The van der Waals surface area contributed by atoms with E-state index < -0.39 is 0 Å². The van der Waals surface area contributed by atoms with Crippen molar-refractivity contribution in [2.45, 2.75) is 32.1 Å². The molecule has 0 bridgehead atoms.